The third kappa shape index (κ3) is 5.42. The monoisotopic (exact) mass is 426 g/mol. The molecule has 102 valence electrons. The average molecular weight is 427 g/mol. The zero-order valence-corrected chi connectivity index (χ0v) is 14.5. The summed E-state index contributed by atoms with van der Waals surface area (Å²) in [6, 6.07) is 6.12. The number of benzene rings is 1. The number of anilines is 1. The van der Waals surface area contributed by atoms with Crippen molar-refractivity contribution in [3.63, 3.8) is 0 Å². The summed E-state index contributed by atoms with van der Waals surface area (Å²) in [6.07, 6.45) is -0.352. The van der Waals surface area contributed by atoms with Gasteiger partial charge in [0.05, 0.1) is 6.10 Å². The van der Waals surface area contributed by atoms with Gasteiger partial charge in [-0.25, -0.2) is 0 Å². The van der Waals surface area contributed by atoms with Crippen LogP contribution in [-0.2, 0) is 0 Å². The van der Waals surface area contributed by atoms with E-state index in [0.29, 0.717) is 13.1 Å². The molecule has 0 saturated heterocycles. The maximum absolute atomic E-state index is 9.98. The van der Waals surface area contributed by atoms with Crippen LogP contribution in [0.3, 0.4) is 0 Å². The fourth-order valence-electron chi connectivity index (χ4n) is 1.71. The summed E-state index contributed by atoms with van der Waals surface area (Å²) < 4.78 is 2.20. The van der Waals surface area contributed by atoms with Gasteiger partial charge in [-0.3, -0.25) is 0 Å². The van der Waals surface area contributed by atoms with Crippen molar-refractivity contribution < 1.29 is 5.11 Å². The molecule has 0 saturated carbocycles. The van der Waals surface area contributed by atoms with Crippen LogP contribution in [-0.4, -0.2) is 42.3 Å². The Balaban J connectivity index is 2.46. The highest BCUT2D eigenvalue weighted by atomic mass is 127. The molecule has 1 unspecified atom stereocenters. The second-order valence-corrected chi connectivity index (χ2v) is 6.24. The predicted octanol–water partition coefficient (Wildman–Crippen LogP) is 3.17. The van der Waals surface area contributed by atoms with E-state index >= 15 is 0 Å². The van der Waals surface area contributed by atoms with Crippen LogP contribution in [0.25, 0.3) is 0 Å². The van der Waals surface area contributed by atoms with E-state index in [4.69, 9.17) is 0 Å². The molecule has 1 aromatic rings. The summed E-state index contributed by atoms with van der Waals surface area (Å²) in [6.45, 7) is 7.44. The van der Waals surface area contributed by atoms with E-state index in [-0.39, 0.29) is 6.10 Å². The van der Waals surface area contributed by atoms with Gasteiger partial charge < -0.3 is 15.3 Å². The Labute approximate surface area is 131 Å². The molecule has 1 aromatic carbocycles. The Morgan fingerprint density at radius 2 is 2.06 bits per heavy atom. The fourth-order valence-corrected chi connectivity index (χ4v) is 2.58. The Kier molecular flexibility index (Phi) is 7.51. The van der Waals surface area contributed by atoms with Crippen LogP contribution in [0.5, 0.6) is 0 Å². The number of hydrogen-bond donors (Lipinski definition) is 2. The molecule has 0 spiro atoms. The van der Waals surface area contributed by atoms with Crippen molar-refractivity contribution in [3.8, 4) is 0 Å². The van der Waals surface area contributed by atoms with Crippen molar-refractivity contribution in [2.75, 3.05) is 31.5 Å². The van der Waals surface area contributed by atoms with Crippen molar-refractivity contribution in [2.24, 2.45) is 0 Å². The lowest BCUT2D eigenvalue weighted by molar-refractivity contribution is 0.128. The topological polar surface area (TPSA) is 35.5 Å². The average Bonchev–Trinajstić information content (AvgIpc) is 2.37. The Morgan fingerprint density at radius 1 is 1.39 bits per heavy atom. The van der Waals surface area contributed by atoms with Crippen LogP contribution in [0.4, 0.5) is 5.69 Å². The van der Waals surface area contributed by atoms with Gasteiger partial charge in [-0.05, 0) is 69.8 Å². The molecule has 0 amide bonds. The molecule has 3 nitrogen and oxygen atoms in total. The molecule has 0 bridgehead atoms. The number of nitrogens with one attached hydrogen (secondary N) is 1. The van der Waals surface area contributed by atoms with E-state index in [2.05, 4.69) is 68.7 Å². The third-order valence-electron chi connectivity index (χ3n) is 2.82. The number of likely N-dealkylation sites (N-methyl/N-ethyl adjacent to an activating group) is 1. The maximum atomic E-state index is 9.98. The van der Waals surface area contributed by atoms with Gasteiger partial charge in [-0.15, -0.1) is 0 Å². The molecule has 5 heteroatoms. The first-order chi connectivity index (χ1) is 8.56. The van der Waals surface area contributed by atoms with Crippen LogP contribution in [0.1, 0.15) is 13.8 Å². The molecule has 0 aliphatic rings. The second-order valence-electron chi connectivity index (χ2n) is 4.14. The second kappa shape index (κ2) is 8.35. The number of hydrogen-bond acceptors (Lipinski definition) is 3. The highest BCUT2D eigenvalue weighted by Crippen LogP contribution is 2.24. The van der Waals surface area contributed by atoms with Gasteiger partial charge in [0.2, 0.25) is 0 Å². The molecule has 0 fully saturated rings. The van der Waals surface area contributed by atoms with Crippen LogP contribution in [0, 0.1) is 3.57 Å². The minimum Gasteiger partial charge on any atom is -0.390 e. The predicted molar refractivity (Wildman–Crippen MR) is 89.1 cm³/mol. The van der Waals surface area contributed by atoms with E-state index in [1.165, 1.54) is 3.57 Å². The smallest absolute Gasteiger partial charge is 0.0839 e. The summed E-state index contributed by atoms with van der Waals surface area (Å²) in [7, 11) is 0. The number of nitrogens with zero attached hydrogens (tertiary/aromatic N) is 1. The Morgan fingerprint density at radius 3 is 2.67 bits per heavy atom. The van der Waals surface area contributed by atoms with Crippen LogP contribution in [0.2, 0.25) is 0 Å². The minimum atomic E-state index is -0.352. The van der Waals surface area contributed by atoms with Crippen molar-refractivity contribution >= 4 is 44.2 Å². The van der Waals surface area contributed by atoms with Crippen molar-refractivity contribution in [2.45, 2.75) is 20.0 Å². The fraction of sp³-hybridized carbons (Fsp3) is 0.538. The largest absolute Gasteiger partial charge is 0.390 e. The van der Waals surface area contributed by atoms with Crippen molar-refractivity contribution in [1.29, 1.82) is 0 Å². The number of rotatable bonds is 7. The molecule has 0 aliphatic heterocycles. The molecule has 0 aliphatic carbocycles. The van der Waals surface area contributed by atoms with Gasteiger partial charge in [0, 0.05) is 26.8 Å². The molecule has 1 rings (SSSR count). The lowest BCUT2D eigenvalue weighted by atomic mass is 10.2. The normalized spacial score (nSPS) is 12.8. The zero-order valence-electron chi connectivity index (χ0n) is 10.8. The van der Waals surface area contributed by atoms with Gasteiger partial charge >= 0.3 is 0 Å². The van der Waals surface area contributed by atoms with Gasteiger partial charge in [0.25, 0.3) is 0 Å². The summed E-state index contributed by atoms with van der Waals surface area (Å²) in [5.41, 5.74) is 1.03. The first-order valence-electron chi connectivity index (χ1n) is 6.16. The van der Waals surface area contributed by atoms with Crippen molar-refractivity contribution in [3.05, 3.63) is 26.2 Å². The zero-order chi connectivity index (χ0) is 13.5. The highest BCUT2D eigenvalue weighted by molar-refractivity contribution is 14.1. The molecule has 0 aromatic heterocycles. The highest BCUT2D eigenvalue weighted by Gasteiger charge is 2.09. The summed E-state index contributed by atoms with van der Waals surface area (Å²) in [4.78, 5) is 2.22. The third-order valence-corrected chi connectivity index (χ3v) is 4.18. The molecule has 18 heavy (non-hydrogen) atoms. The SMILES string of the molecule is CCN(CC)CC(O)CNc1cc(I)ccc1Br. The maximum Gasteiger partial charge on any atom is 0.0839 e. The van der Waals surface area contributed by atoms with Gasteiger partial charge in [-0.2, -0.15) is 0 Å². The Bertz CT molecular complexity index is 372. The van der Waals surface area contributed by atoms with Gasteiger partial charge in [0.1, 0.15) is 0 Å². The standard InChI is InChI=1S/C13H20BrIN2O/c1-3-17(4-2)9-11(18)8-16-13-7-10(15)5-6-12(13)14/h5-7,11,16,18H,3-4,8-9H2,1-2H3. The molecular formula is C13H20BrIN2O. The lowest BCUT2D eigenvalue weighted by Crippen LogP contribution is -2.35. The quantitative estimate of drug-likeness (QED) is 0.657. The molecule has 2 N–H and O–H groups in total. The van der Waals surface area contributed by atoms with E-state index in [1.807, 2.05) is 12.1 Å². The summed E-state index contributed by atoms with van der Waals surface area (Å²) >= 11 is 5.78. The van der Waals surface area contributed by atoms with E-state index in [0.717, 1.165) is 23.2 Å². The molecular weight excluding hydrogens is 407 g/mol. The molecule has 1 atom stereocenters. The minimum absolute atomic E-state index is 0.352. The van der Waals surface area contributed by atoms with Crippen LogP contribution >= 0.6 is 38.5 Å². The summed E-state index contributed by atoms with van der Waals surface area (Å²) in [5, 5.41) is 13.3. The Hall–Kier alpha value is 0.150. The van der Waals surface area contributed by atoms with E-state index in [1.54, 1.807) is 0 Å². The van der Waals surface area contributed by atoms with E-state index < -0.39 is 0 Å². The number of aliphatic hydroxyl groups is 1. The van der Waals surface area contributed by atoms with Crippen molar-refractivity contribution in [1.82, 2.24) is 4.90 Å². The van der Waals surface area contributed by atoms with Crippen LogP contribution < -0.4 is 5.32 Å². The summed E-state index contributed by atoms with van der Waals surface area (Å²) in [5.74, 6) is 0. The number of aliphatic hydroxyl groups excluding tert-OH is 1. The first kappa shape index (κ1) is 16.2. The van der Waals surface area contributed by atoms with Gasteiger partial charge in [0.15, 0.2) is 0 Å². The first-order valence-corrected chi connectivity index (χ1v) is 8.03. The molecule has 0 radical (unpaired) electrons. The van der Waals surface area contributed by atoms with Gasteiger partial charge in [-0.1, -0.05) is 13.8 Å². The number of halogens is 2. The van der Waals surface area contributed by atoms with E-state index in [9.17, 15) is 5.11 Å². The molecule has 0 heterocycles. The lowest BCUT2D eigenvalue weighted by Gasteiger charge is -2.22. The van der Waals surface area contributed by atoms with Crippen LogP contribution in [0.15, 0.2) is 22.7 Å².